The molecule has 0 aromatic heterocycles. The molecule has 1 N–H and O–H groups in total. The minimum atomic E-state index is -0.363. The number of nitrogens with one attached hydrogen (secondary N) is 1. The summed E-state index contributed by atoms with van der Waals surface area (Å²) in [4.78, 5) is 15.0. The Hall–Kier alpha value is -3.28. The topological polar surface area (TPSA) is 41.6 Å². The third kappa shape index (κ3) is 3.45. The van der Waals surface area contributed by atoms with E-state index in [1.54, 1.807) is 24.1 Å². The van der Waals surface area contributed by atoms with Crippen LogP contribution < -0.4 is 15.4 Å². The molecule has 3 aromatic carbocycles. The Balaban J connectivity index is 1.66. The summed E-state index contributed by atoms with van der Waals surface area (Å²) in [6, 6.07) is 21.5. The molecule has 4 rings (SSSR count). The predicted molar refractivity (Wildman–Crippen MR) is 110 cm³/mol. The van der Waals surface area contributed by atoms with Crippen LogP contribution in [-0.4, -0.2) is 31.4 Å². The van der Waals surface area contributed by atoms with Gasteiger partial charge in [0.15, 0.2) is 0 Å². The van der Waals surface area contributed by atoms with Gasteiger partial charge in [0.05, 0.1) is 12.7 Å². The molecule has 1 heterocycles. The number of hydrogen-bond donors (Lipinski definition) is 1. The Morgan fingerprint density at radius 2 is 1.71 bits per heavy atom. The molecule has 0 saturated carbocycles. The second-order valence-electron chi connectivity index (χ2n) is 6.70. The summed E-state index contributed by atoms with van der Waals surface area (Å²) >= 11 is 0. The average Bonchev–Trinajstić information content (AvgIpc) is 2.74. The van der Waals surface area contributed by atoms with E-state index < -0.39 is 0 Å². The summed E-state index contributed by atoms with van der Waals surface area (Å²) in [5, 5.41) is 3.43. The fourth-order valence-corrected chi connectivity index (χ4v) is 3.58. The number of halogens is 1. The third-order valence-electron chi connectivity index (χ3n) is 5.02. The SMILES string of the molecule is COc1ccccc1CCN1B(c2ccc(F)cc2)Nc2ccccc2C1=O. The second kappa shape index (κ2) is 7.76. The Morgan fingerprint density at radius 3 is 2.50 bits per heavy atom. The van der Waals surface area contributed by atoms with Crippen LogP contribution in [0.1, 0.15) is 15.9 Å². The Labute approximate surface area is 164 Å². The van der Waals surface area contributed by atoms with Crippen molar-refractivity contribution in [3.63, 3.8) is 0 Å². The van der Waals surface area contributed by atoms with Crippen molar-refractivity contribution in [2.75, 3.05) is 18.9 Å². The maximum atomic E-state index is 13.4. The van der Waals surface area contributed by atoms with Crippen LogP contribution in [-0.2, 0) is 6.42 Å². The first-order valence-electron chi connectivity index (χ1n) is 9.21. The number of ether oxygens (including phenoxy) is 1. The van der Waals surface area contributed by atoms with Crippen LogP contribution in [0.5, 0.6) is 5.75 Å². The monoisotopic (exact) mass is 374 g/mol. The average molecular weight is 374 g/mol. The zero-order chi connectivity index (χ0) is 19.5. The first-order valence-corrected chi connectivity index (χ1v) is 9.21. The number of methoxy groups -OCH3 is 1. The van der Waals surface area contributed by atoms with E-state index in [2.05, 4.69) is 5.23 Å². The number of hydrogen-bond acceptors (Lipinski definition) is 3. The Bertz CT molecular complexity index is 994. The molecule has 0 spiro atoms. The van der Waals surface area contributed by atoms with Gasteiger partial charge in [-0.25, -0.2) is 4.39 Å². The van der Waals surface area contributed by atoms with Gasteiger partial charge in [0.1, 0.15) is 11.6 Å². The van der Waals surface area contributed by atoms with E-state index in [0.29, 0.717) is 18.5 Å². The normalized spacial score (nSPS) is 13.1. The summed E-state index contributed by atoms with van der Waals surface area (Å²) in [5.74, 6) is 0.462. The van der Waals surface area contributed by atoms with Crippen molar-refractivity contribution < 1.29 is 13.9 Å². The lowest BCUT2D eigenvalue weighted by molar-refractivity contribution is 0.0855. The highest BCUT2D eigenvalue weighted by molar-refractivity contribution is 6.76. The number of amides is 1. The molecule has 0 fully saturated rings. The van der Waals surface area contributed by atoms with Crippen LogP contribution in [0.4, 0.5) is 10.1 Å². The van der Waals surface area contributed by atoms with Gasteiger partial charge in [0.25, 0.3) is 0 Å². The molecule has 0 radical (unpaired) electrons. The van der Waals surface area contributed by atoms with E-state index in [9.17, 15) is 9.18 Å². The van der Waals surface area contributed by atoms with Crippen molar-refractivity contribution in [3.05, 3.63) is 89.7 Å². The lowest BCUT2D eigenvalue weighted by Crippen LogP contribution is -2.59. The highest BCUT2D eigenvalue weighted by atomic mass is 19.1. The number of carbonyl (C=O) groups is 1. The number of nitrogens with zero attached hydrogens (tertiary/aromatic N) is 1. The summed E-state index contributed by atoms with van der Waals surface area (Å²) in [7, 11) is 1.64. The van der Waals surface area contributed by atoms with Crippen LogP contribution in [0.3, 0.4) is 0 Å². The standard InChI is InChI=1S/C22H20BFN2O2/c1-28-21-9-5-2-6-16(21)14-15-26-22(27)19-7-3-4-8-20(19)25-23(26)17-10-12-18(24)13-11-17/h2-13,25H,14-15H2,1H3. The van der Waals surface area contributed by atoms with Crippen LogP contribution in [0.25, 0.3) is 0 Å². The summed E-state index contributed by atoms with van der Waals surface area (Å²) in [5.41, 5.74) is 3.30. The van der Waals surface area contributed by atoms with E-state index in [4.69, 9.17) is 4.74 Å². The third-order valence-corrected chi connectivity index (χ3v) is 5.02. The Morgan fingerprint density at radius 1 is 1.00 bits per heavy atom. The van der Waals surface area contributed by atoms with Crippen molar-refractivity contribution in [1.29, 1.82) is 0 Å². The van der Waals surface area contributed by atoms with Crippen molar-refractivity contribution in [3.8, 4) is 5.75 Å². The molecule has 1 amide bonds. The van der Waals surface area contributed by atoms with Gasteiger partial charge >= 0.3 is 6.98 Å². The zero-order valence-electron chi connectivity index (χ0n) is 15.6. The van der Waals surface area contributed by atoms with E-state index in [0.717, 1.165) is 22.5 Å². The maximum absolute atomic E-state index is 13.4. The first kappa shape index (κ1) is 18.1. The van der Waals surface area contributed by atoms with Crippen LogP contribution >= 0.6 is 0 Å². The molecular formula is C22H20BFN2O2. The van der Waals surface area contributed by atoms with E-state index in [1.165, 1.54) is 12.1 Å². The quantitative estimate of drug-likeness (QED) is 0.697. The number of rotatable bonds is 5. The largest absolute Gasteiger partial charge is 0.496 e. The first-order chi connectivity index (χ1) is 13.7. The molecule has 0 aliphatic carbocycles. The highest BCUT2D eigenvalue weighted by Crippen LogP contribution is 2.25. The molecule has 1 aliphatic rings. The molecule has 1 aliphatic heterocycles. The number of carbonyl (C=O) groups excluding carboxylic acids is 1. The van der Waals surface area contributed by atoms with Crippen molar-refractivity contribution in [2.45, 2.75) is 6.42 Å². The number of fused-ring (bicyclic) bond motifs is 1. The van der Waals surface area contributed by atoms with Crippen LogP contribution in [0.2, 0.25) is 0 Å². The molecule has 0 atom stereocenters. The molecule has 4 nitrogen and oxygen atoms in total. The van der Waals surface area contributed by atoms with E-state index >= 15 is 0 Å². The minimum Gasteiger partial charge on any atom is -0.496 e. The summed E-state index contributed by atoms with van der Waals surface area (Å²) < 4.78 is 18.8. The van der Waals surface area contributed by atoms with Gasteiger partial charge in [-0.05, 0) is 47.8 Å². The maximum Gasteiger partial charge on any atom is 0.411 e. The molecule has 0 bridgehead atoms. The smallest absolute Gasteiger partial charge is 0.411 e. The molecular weight excluding hydrogens is 354 g/mol. The number of benzene rings is 3. The summed E-state index contributed by atoms with van der Waals surface area (Å²) in [6.07, 6.45) is 0.650. The molecule has 6 heteroatoms. The second-order valence-corrected chi connectivity index (χ2v) is 6.70. The fourth-order valence-electron chi connectivity index (χ4n) is 3.58. The van der Waals surface area contributed by atoms with Gasteiger partial charge in [-0.15, -0.1) is 0 Å². The highest BCUT2D eigenvalue weighted by Gasteiger charge is 2.36. The number of para-hydroxylation sites is 2. The van der Waals surface area contributed by atoms with E-state index in [-0.39, 0.29) is 18.7 Å². The summed E-state index contributed by atoms with van der Waals surface area (Å²) in [6.45, 7) is 0.139. The van der Waals surface area contributed by atoms with Crippen molar-refractivity contribution in [2.24, 2.45) is 0 Å². The van der Waals surface area contributed by atoms with Gasteiger partial charge in [0, 0.05) is 12.2 Å². The minimum absolute atomic E-state index is 0.0430. The van der Waals surface area contributed by atoms with Gasteiger partial charge in [-0.2, -0.15) is 0 Å². The lowest BCUT2D eigenvalue weighted by Gasteiger charge is -2.35. The predicted octanol–water partition coefficient (Wildman–Crippen LogP) is 3.34. The molecule has 3 aromatic rings. The number of anilines is 1. The van der Waals surface area contributed by atoms with Gasteiger partial charge < -0.3 is 14.8 Å². The lowest BCUT2D eigenvalue weighted by atomic mass is 9.63. The van der Waals surface area contributed by atoms with Crippen molar-refractivity contribution in [1.82, 2.24) is 4.81 Å². The van der Waals surface area contributed by atoms with Gasteiger partial charge in [-0.3, -0.25) is 4.79 Å². The zero-order valence-corrected chi connectivity index (χ0v) is 15.6. The molecule has 28 heavy (non-hydrogen) atoms. The molecule has 0 saturated heterocycles. The molecule has 140 valence electrons. The van der Waals surface area contributed by atoms with Crippen LogP contribution in [0.15, 0.2) is 72.8 Å². The Kier molecular flexibility index (Phi) is 5.02. The fraction of sp³-hybridized carbons (Fsp3) is 0.136. The van der Waals surface area contributed by atoms with E-state index in [1.807, 2.05) is 48.5 Å². The van der Waals surface area contributed by atoms with Gasteiger partial charge in [-0.1, -0.05) is 42.5 Å². The van der Waals surface area contributed by atoms with Gasteiger partial charge in [0.2, 0.25) is 5.91 Å². The van der Waals surface area contributed by atoms with Crippen LogP contribution in [0, 0.1) is 5.82 Å². The van der Waals surface area contributed by atoms with Crippen molar-refractivity contribution >= 4 is 24.0 Å². The molecule has 0 unspecified atom stereocenters.